The molecule has 110 valence electrons. The topological polar surface area (TPSA) is 59.3 Å². The second-order valence-corrected chi connectivity index (χ2v) is 6.69. The Morgan fingerprint density at radius 1 is 1.42 bits per heavy atom. The van der Waals surface area contributed by atoms with Crippen molar-refractivity contribution < 1.29 is 26.7 Å². The number of hydrogen-bond acceptors (Lipinski definition) is 3. The highest BCUT2D eigenvalue weighted by Gasteiger charge is 2.39. The molecular formula is C11H16F3NO3S. The highest BCUT2D eigenvalue weighted by Crippen LogP contribution is 2.32. The van der Waals surface area contributed by atoms with Crippen molar-refractivity contribution in [1.82, 2.24) is 4.57 Å². The van der Waals surface area contributed by atoms with Crippen molar-refractivity contribution in [3.05, 3.63) is 24.0 Å². The molecule has 0 saturated carbocycles. The van der Waals surface area contributed by atoms with Gasteiger partial charge < -0.3 is 9.67 Å². The molecule has 0 spiro atoms. The van der Waals surface area contributed by atoms with Crippen LogP contribution in [0.4, 0.5) is 13.2 Å². The van der Waals surface area contributed by atoms with Gasteiger partial charge >= 0.3 is 6.18 Å². The lowest BCUT2D eigenvalue weighted by molar-refractivity contribution is -0.206. The monoisotopic (exact) mass is 299 g/mol. The van der Waals surface area contributed by atoms with Gasteiger partial charge in [-0.1, -0.05) is 6.92 Å². The largest absolute Gasteiger partial charge is 0.418 e. The minimum atomic E-state index is -4.70. The minimum Gasteiger partial charge on any atom is -0.379 e. The van der Waals surface area contributed by atoms with Gasteiger partial charge in [-0.05, 0) is 12.5 Å². The summed E-state index contributed by atoms with van der Waals surface area (Å²) in [7, 11) is -3.07. The van der Waals surface area contributed by atoms with Crippen molar-refractivity contribution in [2.24, 2.45) is 0 Å². The van der Waals surface area contributed by atoms with Crippen molar-refractivity contribution in [1.29, 1.82) is 0 Å². The van der Waals surface area contributed by atoms with Crippen LogP contribution in [0.3, 0.4) is 0 Å². The van der Waals surface area contributed by atoms with E-state index in [-0.39, 0.29) is 17.1 Å². The molecule has 1 heterocycles. The van der Waals surface area contributed by atoms with Gasteiger partial charge in [-0.25, -0.2) is 8.42 Å². The van der Waals surface area contributed by atoms with E-state index >= 15 is 0 Å². The third kappa shape index (κ3) is 4.87. The summed E-state index contributed by atoms with van der Waals surface area (Å²) < 4.78 is 60.7. The number of halogens is 3. The Balaban J connectivity index is 2.57. The summed E-state index contributed by atoms with van der Waals surface area (Å²) in [6.45, 7) is 1.84. The number of sulfone groups is 1. The van der Waals surface area contributed by atoms with Gasteiger partial charge in [0.1, 0.15) is 9.84 Å². The fraction of sp³-hybridized carbons (Fsp3) is 0.636. The molecule has 1 aromatic heterocycles. The summed E-state index contributed by atoms with van der Waals surface area (Å²) in [4.78, 5) is 0. The molecule has 0 saturated heterocycles. The van der Waals surface area contributed by atoms with Crippen LogP contribution < -0.4 is 0 Å². The molecule has 1 rings (SSSR count). The van der Waals surface area contributed by atoms with E-state index in [0.29, 0.717) is 13.0 Å². The Morgan fingerprint density at radius 2 is 2.05 bits per heavy atom. The summed E-state index contributed by atoms with van der Waals surface area (Å²) in [5.74, 6) is 0.0511. The van der Waals surface area contributed by atoms with E-state index in [1.807, 2.05) is 0 Å². The smallest absolute Gasteiger partial charge is 0.379 e. The standard InChI is InChI=1S/C11H16F3NO3S/c1-2-19(17,18)7-3-5-15-6-4-9(8-15)10(16)11(12,13)14/h4,6,8,10,16H,2-3,5,7H2,1H3. The van der Waals surface area contributed by atoms with Crippen LogP contribution in [0, 0.1) is 0 Å². The number of rotatable bonds is 6. The van der Waals surface area contributed by atoms with Gasteiger partial charge in [-0.15, -0.1) is 0 Å². The van der Waals surface area contributed by atoms with E-state index in [1.165, 1.54) is 23.0 Å². The van der Waals surface area contributed by atoms with Crippen LogP contribution in [-0.2, 0) is 16.4 Å². The molecule has 0 aliphatic carbocycles. The second-order valence-electron chi connectivity index (χ2n) is 4.22. The first-order valence-electron chi connectivity index (χ1n) is 5.76. The maximum absolute atomic E-state index is 12.3. The van der Waals surface area contributed by atoms with Gasteiger partial charge in [0.25, 0.3) is 0 Å². The summed E-state index contributed by atoms with van der Waals surface area (Å²) in [5, 5.41) is 9.03. The van der Waals surface area contributed by atoms with Gasteiger partial charge in [-0.2, -0.15) is 13.2 Å². The van der Waals surface area contributed by atoms with Crippen LogP contribution in [0.5, 0.6) is 0 Å². The van der Waals surface area contributed by atoms with Crippen LogP contribution in [0.1, 0.15) is 25.0 Å². The molecule has 0 aliphatic rings. The number of aromatic nitrogens is 1. The molecule has 1 aromatic rings. The molecule has 0 aliphatic heterocycles. The summed E-state index contributed by atoms with van der Waals surface area (Å²) in [5.41, 5.74) is -0.245. The molecule has 4 nitrogen and oxygen atoms in total. The lowest BCUT2D eigenvalue weighted by atomic mass is 10.2. The number of hydrogen-bond donors (Lipinski definition) is 1. The maximum atomic E-state index is 12.3. The van der Waals surface area contributed by atoms with E-state index in [1.54, 1.807) is 6.92 Å². The Hall–Kier alpha value is -1.02. The summed E-state index contributed by atoms with van der Waals surface area (Å²) >= 11 is 0. The molecule has 1 atom stereocenters. The highest BCUT2D eigenvalue weighted by molar-refractivity contribution is 7.91. The number of aliphatic hydroxyl groups excluding tert-OH is 1. The lowest BCUT2D eigenvalue weighted by Crippen LogP contribution is -2.19. The Bertz CT molecular complexity index is 508. The minimum absolute atomic E-state index is 0.00115. The van der Waals surface area contributed by atoms with Crippen molar-refractivity contribution in [2.45, 2.75) is 32.2 Å². The van der Waals surface area contributed by atoms with Gasteiger partial charge in [-0.3, -0.25) is 0 Å². The Labute approximate surface area is 109 Å². The van der Waals surface area contributed by atoms with E-state index in [2.05, 4.69) is 0 Å². The molecule has 0 radical (unpaired) electrons. The van der Waals surface area contributed by atoms with Crippen molar-refractivity contribution in [2.75, 3.05) is 11.5 Å². The number of alkyl halides is 3. The third-order valence-electron chi connectivity index (χ3n) is 2.71. The van der Waals surface area contributed by atoms with Gasteiger partial charge in [0, 0.05) is 30.3 Å². The molecule has 0 bridgehead atoms. The van der Waals surface area contributed by atoms with Gasteiger partial charge in [0.05, 0.1) is 5.75 Å². The zero-order valence-electron chi connectivity index (χ0n) is 10.4. The Morgan fingerprint density at radius 3 is 2.58 bits per heavy atom. The fourth-order valence-corrected chi connectivity index (χ4v) is 2.42. The van der Waals surface area contributed by atoms with Crippen LogP contribution in [0.25, 0.3) is 0 Å². The predicted octanol–water partition coefficient (Wildman–Crippen LogP) is 1.91. The van der Waals surface area contributed by atoms with E-state index in [4.69, 9.17) is 5.11 Å². The average molecular weight is 299 g/mol. The van der Waals surface area contributed by atoms with Crippen LogP contribution in [0.2, 0.25) is 0 Å². The van der Waals surface area contributed by atoms with Crippen LogP contribution >= 0.6 is 0 Å². The zero-order valence-corrected chi connectivity index (χ0v) is 11.2. The molecule has 0 fully saturated rings. The average Bonchev–Trinajstić information content (AvgIpc) is 2.75. The van der Waals surface area contributed by atoms with Gasteiger partial charge in [0.15, 0.2) is 6.10 Å². The SMILES string of the molecule is CCS(=O)(=O)CCCn1ccc(C(O)C(F)(F)F)c1. The molecule has 19 heavy (non-hydrogen) atoms. The molecular weight excluding hydrogens is 283 g/mol. The van der Waals surface area contributed by atoms with Crippen LogP contribution in [0.15, 0.2) is 18.5 Å². The first-order chi connectivity index (χ1) is 8.65. The quantitative estimate of drug-likeness (QED) is 0.873. The predicted molar refractivity (Wildman–Crippen MR) is 64.4 cm³/mol. The molecule has 0 aromatic carbocycles. The second kappa shape index (κ2) is 5.96. The van der Waals surface area contributed by atoms with E-state index in [9.17, 15) is 21.6 Å². The third-order valence-corrected chi connectivity index (χ3v) is 4.50. The van der Waals surface area contributed by atoms with E-state index < -0.39 is 22.1 Å². The first kappa shape index (κ1) is 16.0. The zero-order chi connectivity index (χ0) is 14.7. The number of aliphatic hydroxyl groups is 1. The van der Waals surface area contributed by atoms with Crippen molar-refractivity contribution in [3.63, 3.8) is 0 Å². The number of nitrogens with zero attached hydrogens (tertiary/aromatic N) is 1. The summed E-state index contributed by atoms with van der Waals surface area (Å²) in [6.07, 6.45) is -4.31. The lowest BCUT2D eigenvalue weighted by Gasteiger charge is -2.12. The normalized spacial score (nSPS) is 14.6. The van der Waals surface area contributed by atoms with E-state index in [0.717, 1.165) is 0 Å². The highest BCUT2D eigenvalue weighted by atomic mass is 32.2. The number of aryl methyl sites for hydroxylation is 1. The molecule has 1 unspecified atom stereocenters. The first-order valence-corrected chi connectivity index (χ1v) is 7.58. The molecule has 8 heteroatoms. The Kier molecular flexibility index (Phi) is 5.03. The van der Waals surface area contributed by atoms with Crippen molar-refractivity contribution >= 4 is 9.84 Å². The van der Waals surface area contributed by atoms with Crippen molar-refractivity contribution in [3.8, 4) is 0 Å². The fourth-order valence-electron chi connectivity index (χ4n) is 1.56. The van der Waals surface area contributed by atoms with Crippen LogP contribution in [-0.4, -0.2) is 35.8 Å². The summed E-state index contributed by atoms with van der Waals surface area (Å²) in [6, 6.07) is 1.17. The maximum Gasteiger partial charge on any atom is 0.418 e. The molecule has 0 amide bonds. The van der Waals surface area contributed by atoms with Gasteiger partial charge in [0.2, 0.25) is 0 Å². The molecule has 1 N–H and O–H groups in total.